The van der Waals surface area contributed by atoms with E-state index in [0.29, 0.717) is 0 Å². The van der Waals surface area contributed by atoms with Gasteiger partial charge in [-0.1, -0.05) is 6.92 Å². The number of esters is 1. The van der Waals surface area contributed by atoms with Gasteiger partial charge in [0.25, 0.3) is 0 Å². The third kappa shape index (κ3) is 3.77. The highest BCUT2D eigenvalue weighted by molar-refractivity contribution is 5.76. The number of carbonyl (C=O) groups excluding carboxylic acids is 2. The average molecular weight is 297 g/mol. The highest BCUT2D eigenvalue weighted by Crippen LogP contribution is 2.27. The number of aliphatic hydroxyl groups excluding tert-OH is 1. The molecule has 0 aliphatic heterocycles. The van der Waals surface area contributed by atoms with E-state index >= 15 is 0 Å². The Labute approximate surface area is 120 Å². The van der Waals surface area contributed by atoms with Gasteiger partial charge in [0.2, 0.25) is 0 Å². The first kappa shape index (κ1) is 16.6. The van der Waals surface area contributed by atoms with Crippen molar-refractivity contribution in [3.05, 3.63) is 39.4 Å². The number of hydrogen-bond acceptors (Lipinski definition) is 7. The summed E-state index contributed by atoms with van der Waals surface area (Å²) < 4.78 is 9.92. The SMILES string of the molecule is CCOC1=CC=C(OC(=O)C(O)CC)C([N+](=O)[O-])C1=C=O. The minimum absolute atomic E-state index is 0.00467. The molecule has 0 fully saturated rings. The number of allylic oxidation sites excluding steroid dienone is 2. The van der Waals surface area contributed by atoms with E-state index in [1.165, 1.54) is 18.1 Å². The van der Waals surface area contributed by atoms with Crippen LogP contribution in [0.15, 0.2) is 29.2 Å². The van der Waals surface area contributed by atoms with Crippen LogP contribution in [-0.4, -0.2) is 40.7 Å². The zero-order chi connectivity index (χ0) is 16.0. The van der Waals surface area contributed by atoms with Gasteiger partial charge >= 0.3 is 12.0 Å². The number of nitro groups is 1. The fraction of sp³-hybridized carbons (Fsp3) is 0.462. The van der Waals surface area contributed by atoms with Gasteiger partial charge in [-0.3, -0.25) is 10.1 Å². The quantitative estimate of drug-likeness (QED) is 0.329. The zero-order valence-electron chi connectivity index (χ0n) is 11.6. The summed E-state index contributed by atoms with van der Waals surface area (Å²) in [6.07, 6.45) is 1.16. The van der Waals surface area contributed by atoms with Gasteiger partial charge in [0, 0.05) is 4.92 Å². The Hall–Kier alpha value is -2.44. The molecule has 0 spiro atoms. The summed E-state index contributed by atoms with van der Waals surface area (Å²) >= 11 is 0. The predicted molar refractivity (Wildman–Crippen MR) is 70.2 cm³/mol. The summed E-state index contributed by atoms with van der Waals surface area (Å²) in [5.41, 5.74) is -0.363. The molecule has 1 aliphatic carbocycles. The second-order valence-electron chi connectivity index (χ2n) is 4.08. The first-order valence-electron chi connectivity index (χ1n) is 6.29. The van der Waals surface area contributed by atoms with E-state index in [1.54, 1.807) is 13.8 Å². The highest BCUT2D eigenvalue weighted by Gasteiger charge is 2.40. The Kier molecular flexibility index (Phi) is 5.83. The van der Waals surface area contributed by atoms with Crippen molar-refractivity contribution in [2.45, 2.75) is 32.4 Å². The van der Waals surface area contributed by atoms with E-state index in [9.17, 15) is 24.8 Å². The second kappa shape index (κ2) is 7.37. The molecule has 0 bridgehead atoms. The molecule has 8 heteroatoms. The van der Waals surface area contributed by atoms with Gasteiger partial charge in [0.05, 0.1) is 6.61 Å². The molecule has 0 saturated carbocycles. The summed E-state index contributed by atoms with van der Waals surface area (Å²) in [7, 11) is 0. The second-order valence-corrected chi connectivity index (χ2v) is 4.08. The minimum Gasteiger partial charge on any atom is -0.493 e. The average Bonchev–Trinajstić information content (AvgIpc) is 2.46. The van der Waals surface area contributed by atoms with Gasteiger partial charge < -0.3 is 14.6 Å². The van der Waals surface area contributed by atoms with Crippen LogP contribution >= 0.6 is 0 Å². The molecule has 2 atom stereocenters. The van der Waals surface area contributed by atoms with Crippen LogP contribution in [0.3, 0.4) is 0 Å². The predicted octanol–water partition coefficient (Wildman–Crippen LogP) is 0.522. The lowest BCUT2D eigenvalue weighted by atomic mass is 10.00. The van der Waals surface area contributed by atoms with Crippen molar-refractivity contribution in [2.75, 3.05) is 6.61 Å². The van der Waals surface area contributed by atoms with Crippen LogP contribution < -0.4 is 0 Å². The fourth-order valence-electron chi connectivity index (χ4n) is 1.65. The van der Waals surface area contributed by atoms with E-state index in [0.717, 1.165) is 0 Å². The summed E-state index contributed by atoms with van der Waals surface area (Å²) in [5, 5.41) is 20.5. The van der Waals surface area contributed by atoms with Crippen LogP contribution in [0.1, 0.15) is 20.3 Å². The third-order valence-corrected chi connectivity index (χ3v) is 2.71. The summed E-state index contributed by atoms with van der Waals surface area (Å²) in [5.74, 6) is 0.0773. The molecule has 114 valence electrons. The van der Waals surface area contributed by atoms with Crippen molar-refractivity contribution in [2.24, 2.45) is 0 Å². The van der Waals surface area contributed by atoms with Gasteiger partial charge in [-0.05, 0) is 25.5 Å². The number of nitrogens with zero attached hydrogens (tertiary/aromatic N) is 1. The van der Waals surface area contributed by atoms with Gasteiger partial charge in [-0.25, -0.2) is 9.59 Å². The monoisotopic (exact) mass is 297 g/mol. The Balaban J connectivity index is 3.13. The maximum absolute atomic E-state index is 11.5. The van der Waals surface area contributed by atoms with Gasteiger partial charge in [0.15, 0.2) is 17.4 Å². The smallest absolute Gasteiger partial charge is 0.340 e. The van der Waals surface area contributed by atoms with E-state index in [-0.39, 0.29) is 30.1 Å². The Morgan fingerprint density at radius 2 is 2.19 bits per heavy atom. The minimum atomic E-state index is -1.69. The Morgan fingerprint density at radius 3 is 2.67 bits per heavy atom. The Bertz CT molecular complexity index is 543. The lowest BCUT2D eigenvalue weighted by Crippen LogP contribution is -2.33. The number of rotatable bonds is 6. The first-order chi connectivity index (χ1) is 9.96. The molecule has 1 aliphatic rings. The van der Waals surface area contributed by atoms with Crippen molar-refractivity contribution >= 4 is 11.9 Å². The summed E-state index contributed by atoms with van der Waals surface area (Å²) in [6, 6.07) is -1.69. The molecule has 8 nitrogen and oxygen atoms in total. The number of aliphatic hydroxyl groups is 1. The topological polar surface area (TPSA) is 116 Å². The van der Waals surface area contributed by atoms with E-state index in [1.807, 2.05) is 0 Å². The molecule has 0 aromatic heterocycles. The van der Waals surface area contributed by atoms with Crippen LogP contribution in [0, 0.1) is 10.1 Å². The van der Waals surface area contributed by atoms with Crippen LogP contribution in [0.25, 0.3) is 0 Å². The molecule has 1 rings (SSSR count). The number of hydrogen-bond donors (Lipinski definition) is 1. The van der Waals surface area contributed by atoms with Crippen molar-refractivity contribution < 1.29 is 29.1 Å². The first-order valence-corrected chi connectivity index (χ1v) is 6.29. The molecule has 0 radical (unpaired) electrons. The maximum Gasteiger partial charge on any atom is 0.340 e. The van der Waals surface area contributed by atoms with Crippen LogP contribution in [0.5, 0.6) is 0 Å². The maximum atomic E-state index is 11.5. The zero-order valence-corrected chi connectivity index (χ0v) is 11.6. The molecule has 0 heterocycles. The van der Waals surface area contributed by atoms with Gasteiger partial charge in [-0.2, -0.15) is 0 Å². The van der Waals surface area contributed by atoms with Crippen molar-refractivity contribution in [3.8, 4) is 0 Å². The van der Waals surface area contributed by atoms with E-state index < -0.39 is 23.0 Å². The standard InChI is InChI=1S/C13H15NO7/c1-3-9(16)13(17)21-11-6-5-10(20-4-2)8(7-15)12(11)14(18)19/h5-6,9,12,16H,3-4H2,1-2H3. The number of carbonyl (C=O) groups is 1. The highest BCUT2D eigenvalue weighted by atomic mass is 16.6. The normalized spacial score (nSPS) is 19.0. The molecule has 2 unspecified atom stereocenters. The van der Waals surface area contributed by atoms with Crippen molar-refractivity contribution in [1.29, 1.82) is 0 Å². The molecule has 21 heavy (non-hydrogen) atoms. The summed E-state index contributed by atoms with van der Waals surface area (Å²) in [6.45, 7) is 3.41. The summed E-state index contributed by atoms with van der Waals surface area (Å²) in [4.78, 5) is 32.8. The van der Waals surface area contributed by atoms with E-state index in [2.05, 4.69) is 0 Å². The van der Waals surface area contributed by atoms with Crippen molar-refractivity contribution in [3.63, 3.8) is 0 Å². The lowest BCUT2D eigenvalue weighted by molar-refractivity contribution is -0.505. The molecule has 0 saturated heterocycles. The van der Waals surface area contributed by atoms with E-state index in [4.69, 9.17) is 9.47 Å². The van der Waals surface area contributed by atoms with Crippen LogP contribution in [0.4, 0.5) is 0 Å². The lowest BCUT2D eigenvalue weighted by Gasteiger charge is -2.20. The third-order valence-electron chi connectivity index (χ3n) is 2.71. The molecular formula is C13H15NO7. The Morgan fingerprint density at radius 1 is 1.52 bits per heavy atom. The van der Waals surface area contributed by atoms with Crippen LogP contribution in [-0.2, 0) is 19.1 Å². The van der Waals surface area contributed by atoms with Crippen molar-refractivity contribution in [1.82, 2.24) is 0 Å². The van der Waals surface area contributed by atoms with Gasteiger partial charge in [0.1, 0.15) is 11.7 Å². The molecule has 1 N–H and O–H groups in total. The number of ether oxygens (including phenoxy) is 2. The van der Waals surface area contributed by atoms with Gasteiger partial charge in [-0.15, -0.1) is 0 Å². The van der Waals surface area contributed by atoms with Crippen LogP contribution in [0.2, 0.25) is 0 Å². The molecular weight excluding hydrogens is 282 g/mol. The molecule has 0 aromatic carbocycles. The molecule has 0 aromatic rings. The largest absolute Gasteiger partial charge is 0.493 e. The molecule has 0 amide bonds. The fourth-order valence-corrected chi connectivity index (χ4v) is 1.65.